The van der Waals surface area contributed by atoms with Crippen LogP contribution in [0.3, 0.4) is 0 Å². The maximum atomic E-state index is 11.8. The van der Waals surface area contributed by atoms with Crippen LogP contribution in [0.1, 0.15) is 17.4 Å². The Bertz CT molecular complexity index is 570. The van der Waals surface area contributed by atoms with Gasteiger partial charge < -0.3 is 15.2 Å². The van der Waals surface area contributed by atoms with Crippen molar-refractivity contribution in [3.8, 4) is 11.5 Å². The first-order valence-corrected chi connectivity index (χ1v) is 6.30. The first-order valence-electron chi connectivity index (χ1n) is 6.30. The number of hydrogen-bond acceptors (Lipinski definition) is 4. The first-order chi connectivity index (χ1) is 9.65. The molecule has 2 N–H and O–H groups in total. The number of aromatic nitrogens is 1. The van der Waals surface area contributed by atoms with Crippen molar-refractivity contribution in [2.24, 2.45) is 0 Å². The van der Waals surface area contributed by atoms with Gasteiger partial charge >= 0.3 is 0 Å². The lowest BCUT2D eigenvalue weighted by Crippen LogP contribution is -2.31. The summed E-state index contributed by atoms with van der Waals surface area (Å²) < 4.78 is 5.63. The van der Waals surface area contributed by atoms with Crippen LogP contribution >= 0.6 is 0 Å². The third kappa shape index (κ3) is 4.07. The normalized spacial score (nSPS) is 11.7. The molecule has 1 unspecified atom stereocenters. The molecule has 0 saturated carbocycles. The average molecular weight is 272 g/mol. The number of rotatable bonds is 5. The zero-order valence-electron chi connectivity index (χ0n) is 11.1. The van der Waals surface area contributed by atoms with E-state index in [1.54, 1.807) is 19.1 Å². The number of para-hydroxylation sites is 1. The van der Waals surface area contributed by atoms with E-state index in [0.29, 0.717) is 11.5 Å². The molecule has 0 spiro atoms. The molecule has 1 heterocycles. The lowest BCUT2D eigenvalue weighted by molar-refractivity contribution is 0.0918. The highest BCUT2D eigenvalue weighted by Crippen LogP contribution is 2.20. The summed E-state index contributed by atoms with van der Waals surface area (Å²) >= 11 is 0. The van der Waals surface area contributed by atoms with Crippen molar-refractivity contribution >= 4 is 5.91 Å². The molecule has 0 bridgehead atoms. The fraction of sp³-hybridized carbons (Fsp3) is 0.200. The summed E-state index contributed by atoms with van der Waals surface area (Å²) in [5.41, 5.74) is 0.249. The van der Waals surface area contributed by atoms with Crippen molar-refractivity contribution in [3.63, 3.8) is 0 Å². The summed E-state index contributed by atoms with van der Waals surface area (Å²) in [6.45, 7) is 1.78. The van der Waals surface area contributed by atoms with Gasteiger partial charge in [-0.15, -0.1) is 0 Å². The average Bonchev–Trinajstić information content (AvgIpc) is 2.46. The maximum absolute atomic E-state index is 11.8. The number of nitrogens with zero attached hydrogens (tertiary/aromatic N) is 1. The number of pyridine rings is 1. The molecule has 1 atom stereocenters. The minimum Gasteiger partial charge on any atom is -0.457 e. The van der Waals surface area contributed by atoms with E-state index in [1.165, 1.54) is 6.20 Å². The van der Waals surface area contributed by atoms with Crippen LogP contribution in [0.25, 0.3) is 0 Å². The number of ether oxygens (including phenoxy) is 1. The molecule has 2 rings (SSSR count). The van der Waals surface area contributed by atoms with Gasteiger partial charge in [0.25, 0.3) is 5.91 Å². The van der Waals surface area contributed by atoms with Gasteiger partial charge in [-0.25, -0.2) is 0 Å². The van der Waals surface area contributed by atoms with E-state index in [0.717, 1.165) is 0 Å². The first kappa shape index (κ1) is 14.0. The number of amides is 1. The van der Waals surface area contributed by atoms with Crippen LogP contribution in [-0.2, 0) is 0 Å². The molecule has 20 heavy (non-hydrogen) atoms. The maximum Gasteiger partial charge on any atom is 0.270 e. The highest BCUT2D eigenvalue weighted by molar-refractivity contribution is 5.92. The molecule has 0 saturated heterocycles. The molecule has 0 aliphatic rings. The number of carbonyl (C=O) groups is 1. The van der Waals surface area contributed by atoms with Gasteiger partial charge in [0.1, 0.15) is 17.2 Å². The lowest BCUT2D eigenvalue weighted by atomic mass is 10.3. The molecular formula is C15H16N2O3. The van der Waals surface area contributed by atoms with E-state index >= 15 is 0 Å². The van der Waals surface area contributed by atoms with Crippen LogP contribution in [0.2, 0.25) is 0 Å². The Kier molecular flexibility index (Phi) is 4.68. The predicted molar refractivity (Wildman–Crippen MR) is 74.8 cm³/mol. The van der Waals surface area contributed by atoms with Crippen molar-refractivity contribution in [2.45, 2.75) is 13.0 Å². The van der Waals surface area contributed by atoms with Gasteiger partial charge in [-0.05, 0) is 25.1 Å². The van der Waals surface area contributed by atoms with Gasteiger partial charge in [-0.2, -0.15) is 0 Å². The summed E-state index contributed by atoms with van der Waals surface area (Å²) in [5.74, 6) is 0.881. The Morgan fingerprint density at radius 2 is 2.05 bits per heavy atom. The second kappa shape index (κ2) is 6.68. The standard InChI is InChI=1S/C15H16N2O3/c1-11(18)10-17-15(19)14-9-13(7-8-16-14)20-12-5-3-2-4-6-12/h2-9,11,18H,10H2,1H3,(H,17,19). The van der Waals surface area contributed by atoms with E-state index in [2.05, 4.69) is 10.3 Å². The minimum absolute atomic E-state index is 0.185. The van der Waals surface area contributed by atoms with E-state index in [4.69, 9.17) is 9.84 Å². The van der Waals surface area contributed by atoms with Gasteiger partial charge in [0.2, 0.25) is 0 Å². The number of aliphatic hydroxyl groups excluding tert-OH is 1. The molecular weight excluding hydrogens is 256 g/mol. The van der Waals surface area contributed by atoms with Crippen molar-refractivity contribution in [1.82, 2.24) is 10.3 Å². The Morgan fingerprint density at radius 1 is 1.30 bits per heavy atom. The summed E-state index contributed by atoms with van der Waals surface area (Å²) in [4.78, 5) is 15.8. The molecule has 5 nitrogen and oxygen atoms in total. The second-order valence-corrected chi connectivity index (χ2v) is 4.35. The van der Waals surface area contributed by atoms with E-state index < -0.39 is 6.10 Å². The molecule has 0 aliphatic carbocycles. The summed E-state index contributed by atoms with van der Waals surface area (Å²) in [6.07, 6.45) is 0.915. The largest absolute Gasteiger partial charge is 0.457 e. The Balaban J connectivity index is 2.06. The zero-order valence-corrected chi connectivity index (χ0v) is 11.1. The lowest BCUT2D eigenvalue weighted by Gasteiger charge is -2.08. The van der Waals surface area contributed by atoms with Gasteiger partial charge in [0.05, 0.1) is 6.10 Å². The Morgan fingerprint density at radius 3 is 2.75 bits per heavy atom. The summed E-state index contributed by atoms with van der Waals surface area (Å²) in [6, 6.07) is 12.5. The number of aliphatic hydroxyl groups is 1. The van der Waals surface area contributed by atoms with Crippen molar-refractivity contribution in [1.29, 1.82) is 0 Å². The monoisotopic (exact) mass is 272 g/mol. The summed E-state index contributed by atoms with van der Waals surface area (Å²) in [7, 11) is 0. The highest BCUT2D eigenvalue weighted by atomic mass is 16.5. The fourth-order valence-electron chi connectivity index (χ4n) is 1.55. The molecule has 0 aliphatic heterocycles. The molecule has 2 aromatic rings. The quantitative estimate of drug-likeness (QED) is 0.873. The van der Waals surface area contributed by atoms with E-state index in [-0.39, 0.29) is 18.1 Å². The van der Waals surface area contributed by atoms with Crippen molar-refractivity contribution in [2.75, 3.05) is 6.54 Å². The van der Waals surface area contributed by atoms with E-state index in [9.17, 15) is 4.79 Å². The smallest absolute Gasteiger partial charge is 0.270 e. The van der Waals surface area contributed by atoms with Gasteiger partial charge in [0, 0.05) is 18.8 Å². The Labute approximate surface area is 117 Å². The van der Waals surface area contributed by atoms with Crippen LogP contribution in [-0.4, -0.2) is 28.6 Å². The molecule has 1 aromatic carbocycles. The van der Waals surface area contributed by atoms with Crippen LogP contribution in [0.5, 0.6) is 11.5 Å². The molecule has 104 valence electrons. The summed E-state index contributed by atoms with van der Waals surface area (Å²) in [5, 5.41) is 11.7. The van der Waals surface area contributed by atoms with Crippen LogP contribution in [0.15, 0.2) is 48.7 Å². The highest BCUT2D eigenvalue weighted by Gasteiger charge is 2.09. The van der Waals surface area contributed by atoms with Crippen molar-refractivity contribution in [3.05, 3.63) is 54.4 Å². The number of benzene rings is 1. The van der Waals surface area contributed by atoms with Gasteiger partial charge in [-0.1, -0.05) is 18.2 Å². The van der Waals surface area contributed by atoms with Gasteiger partial charge in [0.15, 0.2) is 0 Å². The van der Waals surface area contributed by atoms with Crippen LogP contribution < -0.4 is 10.1 Å². The van der Waals surface area contributed by atoms with E-state index in [1.807, 2.05) is 30.3 Å². The van der Waals surface area contributed by atoms with Gasteiger partial charge in [-0.3, -0.25) is 9.78 Å². The second-order valence-electron chi connectivity index (χ2n) is 4.35. The Hall–Kier alpha value is -2.40. The fourth-order valence-corrected chi connectivity index (χ4v) is 1.55. The molecule has 1 aromatic heterocycles. The number of carbonyl (C=O) groups excluding carboxylic acids is 1. The van der Waals surface area contributed by atoms with Crippen molar-refractivity contribution < 1.29 is 14.6 Å². The zero-order chi connectivity index (χ0) is 14.4. The number of hydrogen-bond donors (Lipinski definition) is 2. The third-order valence-electron chi connectivity index (χ3n) is 2.50. The third-order valence-corrected chi connectivity index (χ3v) is 2.50. The molecule has 5 heteroatoms. The molecule has 0 radical (unpaired) electrons. The molecule has 1 amide bonds. The predicted octanol–water partition coefficient (Wildman–Crippen LogP) is 1.98. The van der Waals surface area contributed by atoms with Crippen LogP contribution in [0.4, 0.5) is 0 Å². The molecule has 0 fully saturated rings. The minimum atomic E-state index is -0.595. The van der Waals surface area contributed by atoms with Crippen LogP contribution in [0, 0.1) is 0 Å². The number of nitrogens with one attached hydrogen (secondary N) is 1. The SMILES string of the molecule is CC(O)CNC(=O)c1cc(Oc2ccccc2)ccn1. The topological polar surface area (TPSA) is 71.5 Å².